The molecule has 0 radical (unpaired) electrons. The Morgan fingerprint density at radius 1 is 1.12 bits per heavy atom. The molecular formula is C24H23BrN2O6S. The van der Waals surface area contributed by atoms with Crippen molar-refractivity contribution in [2.24, 2.45) is 0 Å². The van der Waals surface area contributed by atoms with Crippen LogP contribution >= 0.6 is 27.7 Å². The third kappa shape index (κ3) is 4.92. The standard InChI is InChI=1S/C24H23BrN2O6S/c1-32-15-9-7-14(8-10-15)11-18-17(12-25)21(24(30)31)27-22(29)20(23(27)34-18)26-19(28)13-33-16-5-3-2-4-6-16/h2-10,20-21,23H,11-13H2,1H3,(H,26,28)(H,30,31)/t20?,21?,23-/m1/s1. The predicted molar refractivity (Wildman–Crippen MR) is 131 cm³/mol. The molecule has 0 bridgehead atoms. The van der Waals surface area contributed by atoms with E-state index in [0.29, 0.717) is 23.1 Å². The number of carbonyl (C=O) groups excluding carboxylic acids is 2. The van der Waals surface area contributed by atoms with Crippen molar-refractivity contribution in [3.05, 3.63) is 70.6 Å². The van der Waals surface area contributed by atoms with Gasteiger partial charge in [-0.1, -0.05) is 46.3 Å². The quantitative estimate of drug-likeness (QED) is 0.368. The number of para-hydroxylation sites is 1. The fourth-order valence-corrected chi connectivity index (χ4v) is 6.31. The summed E-state index contributed by atoms with van der Waals surface area (Å²) in [5, 5.41) is 12.4. The molecule has 2 heterocycles. The number of nitrogens with one attached hydrogen (secondary N) is 1. The monoisotopic (exact) mass is 546 g/mol. The maximum atomic E-state index is 12.9. The van der Waals surface area contributed by atoms with Gasteiger partial charge in [-0.3, -0.25) is 9.59 Å². The molecule has 4 rings (SSSR count). The van der Waals surface area contributed by atoms with Crippen LogP contribution < -0.4 is 14.8 Å². The molecular weight excluding hydrogens is 524 g/mol. The van der Waals surface area contributed by atoms with E-state index in [-0.39, 0.29) is 6.61 Å². The zero-order chi connectivity index (χ0) is 24.2. The summed E-state index contributed by atoms with van der Waals surface area (Å²) in [5.41, 5.74) is 1.62. The highest BCUT2D eigenvalue weighted by Gasteiger charge is 2.57. The van der Waals surface area contributed by atoms with Gasteiger partial charge in [0.25, 0.3) is 5.91 Å². The Bertz CT molecular complexity index is 1110. The number of hydrogen-bond acceptors (Lipinski definition) is 6. The lowest BCUT2D eigenvalue weighted by molar-refractivity contribution is -0.160. The molecule has 10 heteroatoms. The third-order valence-corrected chi connectivity index (χ3v) is 7.68. The first-order chi connectivity index (χ1) is 16.4. The highest BCUT2D eigenvalue weighted by atomic mass is 79.9. The topological polar surface area (TPSA) is 105 Å². The van der Waals surface area contributed by atoms with Gasteiger partial charge in [-0.15, -0.1) is 11.8 Å². The average molecular weight is 547 g/mol. The molecule has 1 saturated heterocycles. The highest BCUT2D eigenvalue weighted by molar-refractivity contribution is 9.09. The Balaban J connectivity index is 1.50. The van der Waals surface area contributed by atoms with E-state index in [9.17, 15) is 19.5 Å². The fourth-order valence-electron chi connectivity index (χ4n) is 3.94. The van der Waals surface area contributed by atoms with Crippen molar-refractivity contribution in [2.75, 3.05) is 19.0 Å². The van der Waals surface area contributed by atoms with Crippen molar-refractivity contribution < 1.29 is 29.0 Å². The maximum Gasteiger partial charge on any atom is 0.330 e. The number of rotatable bonds is 9. The Morgan fingerprint density at radius 3 is 2.44 bits per heavy atom. The average Bonchev–Trinajstić information content (AvgIpc) is 2.86. The minimum Gasteiger partial charge on any atom is -0.497 e. The number of carboxylic acid groups (broad SMARTS) is 1. The summed E-state index contributed by atoms with van der Waals surface area (Å²) in [7, 11) is 1.59. The first-order valence-electron chi connectivity index (χ1n) is 10.5. The normalized spacial score (nSPS) is 21.4. The summed E-state index contributed by atoms with van der Waals surface area (Å²) in [5.74, 6) is -0.683. The molecule has 2 unspecified atom stereocenters. The van der Waals surface area contributed by atoms with Crippen LogP contribution in [0.3, 0.4) is 0 Å². The number of aliphatic carboxylic acids is 1. The van der Waals surface area contributed by atoms with Gasteiger partial charge in [0, 0.05) is 11.8 Å². The van der Waals surface area contributed by atoms with E-state index in [1.54, 1.807) is 31.4 Å². The van der Waals surface area contributed by atoms with Crippen LogP contribution in [-0.2, 0) is 20.8 Å². The number of carboxylic acids is 1. The predicted octanol–water partition coefficient (Wildman–Crippen LogP) is 2.82. The number of methoxy groups -OCH3 is 1. The van der Waals surface area contributed by atoms with E-state index >= 15 is 0 Å². The number of alkyl halides is 1. The Morgan fingerprint density at radius 2 is 1.82 bits per heavy atom. The van der Waals surface area contributed by atoms with E-state index in [1.165, 1.54) is 16.7 Å². The van der Waals surface area contributed by atoms with Gasteiger partial charge < -0.3 is 24.8 Å². The van der Waals surface area contributed by atoms with Crippen LogP contribution in [0.2, 0.25) is 0 Å². The van der Waals surface area contributed by atoms with Gasteiger partial charge in [0.15, 0.2) is 12.6 Å². The van der Waals surface area contributed by atoms with Gasteiger partial charge in [0.2, 0.25) is 5.91 Å². The van der Waals surface area contributed by atoms with E-state index < -0.39 is 35.2 Å². The number of allylic oxidation sites excluding steroid dienone is 1. The fraction of sp³-hybridized carbons (Fsp3) is 0.292. The molecule has 34 heavy (non-hydrogen) atoms. The number of β-lactam (4-membered cyclic amide) rings is 1. The number of thioether (sulfide) groups is 1. The van der Waals surface area contributed by atoms with Crippen LogP contribution in [0.1, 0.15) is 5.56 Å². The highest BCUT2D eigenvalue weighted by Crippen LogP contribution is 2.46. The minimum atomic E-state index is -1.10. The first-order valence-corrected chi connectivity index (χ1v) is 12.5. The maximum absolute atomic E-state index is 12.9. The number of hydrogen-bond donors (Lipinski definition) is 2. The Kier molecular flexibility index (Phi) is 7.47. The second-order valence-corrected chi connectivity index (χ2v) is 9.52. The van der Waals surface area contributed by atoms with Crippen LogP contribution in [0.25, 0.3) is 0 Å². The molecule has 2 aromatic rings. The number of ether oxygens (including phenoxy) is 2. The lowest BCUT2D eigenvalue weighted by Crippen LogP contribution is -2.74. The number of amides is 2. The van der Waals surface area contributed by atoms with Crippen molar-refractivity contribution in [3.63, 3.8) is 0 Å². The third-order valence-electron chi connectivity index (χ3n) is 5.64. The van der Waals surface area contributed by atoms with Crippen LogP contribution in [0.4, 0.5) is 0 Å². The molecule has 2 amide bonds. The number of halogens is 1. The molecule has 0 saturated carbocycles. The minimum absolute atomic E-state index is 0.241. The summed E-state index contributed by atoms with van der Waals surface area (Å²) >= 11 is 4.82. The smallest absolute Gasteiger partial charge is 0.330 e. The zero-order valence-electron chi connectivity index (χ0n) is 18.3. The van der Waals surface area contributed by atoms with Crippen molar-refractivity contribution in [3.8, 4) is 11.5 Å². The molecule has 2 N–H and O–H groups in total. The van der Waals surface area contributed by atoms with E-state index in [0.717, 1.165) is 16.2 Å². The van der Waals surface area contributed by atoms with Crippen molar-refractivity contribution in [2.45, 2.75) is 23.9 Å². The largest absolute Gasteiger partial charge is 0.497 e. The van der Waals surface area contributed by atoms with Gasteiger partial charge in [-0.2, -0.15) is 0 Å². The molecule has 0 spiro atoms. The lowest BCUT2D eigenvalue weighted by Gasteiger charge is -2.52. The summed E-state index contributed by atoms with van der Waals surface area (Å²) in [4.78, 5) is 39.7. The molecule has 0 aliphatic carbocycles. The van der Waals surface area contributed by atoms with E-state index in [2.05, 4.69) is 21.2 Å². The SMILES string of the molecule is COc1ccc(CC2=C(CBr)C(C(=O)O)N3C(=O)C(NC(=O)COc4ccccc4)[C@H]3S2)cc1. The van der Waals surface area contributed by atoms with Gasteiger partial charge >= 0.3 is 5.97 Å². The van der Waals surface area contributed by atoms with Gasteiger partial charge in [-0.05, 0) is 40.3 Å². The van der Waals surface area contributed by atoms with Crippen molar-refractivity contribution >= 4 is 45.5 Å². The van der Waals surface area contributed by atoms with Crippen LogP contribution in [0.15, 0.2) is 65.1 Å². The van der Waals surface area contributed by atoms with Crippen LogP contribution in [0, 0.1) is 0 Å². The van der Waals surface area contributed by atoms with Crippen molar-refractivity contribution in [1.29, 1.82) is 0 Å². The van der Waals surface area contributed by atoms with E-state index in [4.69, 9.17) is 9.47 Å². The molecule has 3 atom stereocenters. The molecule has 178 valence electrons. The van der Waals surface area contributed by atoms with Gasteiger partial charge in [0.05, 0.1) is 7.11 Å². The molecule has 2 aliphatic heterocycles. The van der Waals surface area contributed by atoms with E-state index in [1.807, 2.05) is 30.3 Å². The molecule has 1 fully saturated rings. The lowest BCUT2D eigenvalue weighted by atomic mass is 9.96. The number of fused-ring (bicyclic) bond motifs is 1. The Hall–Kier alpha value is -2.98. The Labute approximate surface area is 209 Å². The zero-order valence-corrected chi connectivity index (χ0v) is 20.7. The van der Waals surface area contributed by atoms with Crippen LogP contribution in [0.5, 0.6) is 11.5 Å². The molecule has 0 aromatic heterocycles. The van der Waals surface area contributed by atoms with Gasteiger partial charge in [-0.25, -0.2) is 4.79 Å². The second-order valence-electron chi connectivity index (χ2n) is 7.75. The summed E-state index contributed by atoms with van der Waals surface area (Å²) in [6.45, 7) is -0.241. The first kappa shape index (κ1) is 24.2. The van der Waals surface area contributed by atoms with Gasteiger partial charge in [0.1, 0.15) is 22.9 Å². The van der Waals surface area contributed by atoms with Crippen molar-refractivity contribution in [1.82, 2.24) is 10.2 Å². The molecule has 2 aliphatic rings. The summed E-state index contributed by atoms with van der Waals surface area (Å²) in [6, 6.07) is 14.5. The summed E-state index contributed by atoms with van der Waals surface area (Å²) < 4.78 is 10.7. The number of carbonyl (C=O) groups is 3. The second kappa shape index (κ2) is 10.5. The summed E-state index contributed by atoms with van der Waals surface area (Å²) in [6.07, 6.45) is 0.510. The molecule has 8 nitrogen and oxygen atoms in total. The van der Waals surface area contributed by atoms with Crippen LogP contribution in [-0.4, -0.2) is 64.3 Å². The molecule has 2 aromatic carbocycles. The number of nitrogens with zero attached hydrogens (tertiary/aromatic N) is 1. The number of benzene rings is 2.